The van der Waals surface area contributed by atoms with E-state index in [9.17, 15) is 9.50 Å². The Morgan fingerprint density at radius 3 is 2.68 bits per heavy atom. The number of aryl methyl sites for hydroxylation is 2. The lowest BCUT2D eigenvalue weighted by Crippen LogP contribution is -2.06. The van der Waals surface area contributed by atoms with Crippen molar-refractivity contribution in [3.8, 4) is 0 Å². The largest absolute Gasteiger partial charge is 0.388 e. The molecule has 0 aliphatic rings. The van der Waals surface area contributed by atoms with E-state index in [2.05, 4.69) is 11.9 Å². The molecule has 0 bridgehead atoms. The van der Waals surface area contributed by atoms with Crippen LogP contribution in [0.1, 0.15) is 35.4 Å². The smallest absolute Gasteiger partial charge is 0.129 e. The summed E-state index contributed by atoms with van der Waals surface area (Å²) >= 11 is 0. The van der Waals surface area contributed by atoms with Crippen molar-refractivity contribution in [1.82, 2.24) is 4.98 Å². The Kier molecular flexibility index (Phi) is 4.27. The Bertz CT molecular complexity index is 551. The van der Waals surface area contributed by atoms with Crippen LogP contribution in [0.5, 0.6) is 0 Å². The third-order valence-corrected chi connectivity index (χ3v) is 3.21. The number of rotatable bonds is 4. The molecular formula is C16H18FNO. The molecule has 0 spiro atoms. The van der Waals surface area contributed by atoms with Crippen molar-refractivity contribution in [2.45, 2.75) is 32.8 Å². The summed E-state index contributed by atoms with van der Waals surface area (Å²) in [7, 11) is 0. The summed E-state index contributed by atoms with van der Waals surface area (Å²) in [4.78, 5) is 4.28. The van der Waals surface area contributed by atoms with Gasteiger partial charge in [-0.15, -0.1) is 0 Å². The van der Waals surface area contributed by atoms with Gasteiger partial charge in [0.1, 0.15) is 5.82 Å². The zero-order valence-electron chi connectivity index (χ0n) is 11.2. The minimum absolute atomic E-state index is 0.324. The van der Waals surface area contributed by atoms with Crippen LogP contribution in [0.2, 0.25) is 0 Å². The summed E-state index contributed by atoms with van der Waals surface area (Å²) in [6.07, 6.45) is 2.20. The predicted octanol–water partition coefficient (Wildman–Crippen LogP) is 3.37. The van der Waals surface area contributed by atoms with Crippen molar-refractivity contribution < 1.29 is 9.50 Å². The first-order chi connectivity index (χ1) is 9.10. The minimum atomic E-state index is -0.861. The number of halogens is 1. The fraction of sp³-hybridized carbons (Fsp3) is 0.312. The Hall–Kier alpha value is -1.74. The second kappa shape index (κ2) is 5.93. The molecule has 0 aliphatic heterocycles. The van der Waals surface area contributed by atoms with Crippen molar-refractivity contribution in [3.05, 3.63) is 64.7 Å². The van der Waals surface area contributed by atoms with Gasteiger partial charge in [-0.1, -0.05) is 30.7 Å². The summed E-state index contributed by atoms with van der Waals surface area (Å²) < 4.78 is 13.7. The number of hydrogen-bond donors (Lipinski definition) is 1. The minimum Gasteiger partial charge on any atom is -0.388 e. The van der Waals surface area contributed by atoms with E-state index < -0.39 is 6.10 Å². The Balaban J connectivity index is 2.15. The van der Waals surface area contributed by atoms with E-state index in [4.69, 9.17) is 0 Å². The molecule has 1 N–H and O–H groups in total. The van der Waals surface area contributed by atoms with Crippen LogP contribution < -0.4 is 0 Å². The molecule has 0 radical (unpaired) electrons. The quantitative estimate of drug-likeness (QED) is 0.913. The highest BCUT2D eigenvalue weighted by Crippen LogP contribution is 2.21. The number of pyridine rings is 1. The second-order valence-corrected chi connectivity index (χ2v) is 4.76. The van der Waals surface area contributed by atoms with Crippen molar-refractivity contribution in [1.29, 1.82) is 0 Å². The van der Waals surface area contributed by atoms with Crippen LogP contribution in [0.3, 0.4) is 0 Å². The normalized spacial score (nSPS) is 12.4. The van der Waals surface area contributed by atoms with E-state index >= 15 is 0 Å². The summed E-state index contributed by atoms with van der Waals surface area (Å²) in [5, 5.41) is 10.1. The molecule has 1 unspecified atom stereocenters. The van der Waals surface area contributed by atoms with Crippen molar-refractivity contribution >= 4 is 0 Å². The SMILES string of the molecule is CCc1ccc(CC(O)c2cc(C)ccc2F)nc1. The van der Waals surface area contributed by atoms with Crippen LogP contribution in [0.4, 0.5) is 4.39 Å². The van der Waals surface area contributed by atoms with Gasteiger partial charge in [-0.2, -0.15) is 0 Å². The van der Waals surface area contributed by atoms with Crippen molar-refractivity contribution in [2.24, 2.45) is 0 Å². The first kappa shape index (κ1) is 13.7. The molecule has 3 heteroatoms. The highest BCUT2D eigenvalue weighted by atomic mass is 19.1. The third-order valence-electron chi connectivity index (χ3n) is 3.21. The van der Waals surface area contributed by atoms with Crippen LogP contribution in [-0.4, -0.2) is 10.1 Å². The molecule has 2 rings (SSSR count). The molecule has 0 saturated heterocycles. The van der Waals surface area contributed by atoms with E-state index in [1.165, 1.54) is 6.07 Å². The van der Waals surface area contributed by atoms with Crippen LogP contribution >= 0.6 is 0 Å². The topological polar surface area (TPSA) is 33.1 Å². The fourth-order valence-corrected chi connectivity index (χ4v) is 2.01. The molecule has 0 saturated carbocycles. The molecule has 19 heavy (non-hydrogen) atoms. The summed E-state index contributed by atoms with van der Waals surface area (Å²) in [5.41, 5.74) is 3.19. The number of aliphatic hydroxyl groups excluding tert-OH is 1. The highest BCUT2D eigenvalue weighted by molar-refractivity contribution is 5.27. The molecule has 0 amide bonds. The molecule has 1 atom stereocenters. The summed E-state index contributed by atoms with van der Waals surface area (Å²) in [5.74, 6) is -0.372. The number of aromatic nitrogens is 1. The number of aliphatic hydroxyl groups is 1. The van der Waals surface area contributed by atoms with Crippen molar-refractivity contribution in [2.75, 3.05) is 0 Å². The maximum absolute atomic E-state index is 13.7. The summed E-state index contributed by atoms with van der Waals surface area (Å²) in [6, 6.07) is 8.64. The van der Waals surface area contributed by atoms with Crippen LogP contribution in [0.15, 0.2) is 36.5 Å². The molecule has 0 fully saturated rings. The number of benzene rings is 1. The van der Waals surface area contributed by atoms with Gasteiger partial charge in [0.05, 0.1) is 6.10 Å². The van der Waals surface area contributed by atoms with E-state index in [0.29, 0.717) is 12.0 Å². The lowest BCUT2D eigenvalue weighted by atomic mass is 10.0. The third kappa shape index (κ3) is 3.38. The Morgan fingerprint density at radius 1 is 1.26 bits per heavy atom. The number of hydrogen-bond acceptors (Lipinski definition) is 2. The molecule has 1 heterocycles. The Morgan fingerprint density at radius 2 is 2.05 bits per heavy atom. The Labute approximate surface area is 112 Å². The van der Waals surface area contributed by atoms with Gasteiger partial charge < -0.3 is 5.11 Å². The van der Waals surface area contributed by atoms with E-state index in [1.54, 1.807) is 18.3 Å². The van der Waals surface area contributed by atoms with E-state index in [-0.39, 0.29) is 5.82 Å². The van der Waals surface area contributed by atoms with Gasteiger partial charge in [0.25, 0.3) is 0 Å². The average Bonchev–Trinajstić information content (AvgIpc) is 2.42. The number of nitrogens with zero attached hydrogens (tertiary/aromatic N) is 1. The lowest BCUT2D eigenvalue weighted by molar-refractivity contribution is 0.172. The zero-order chi connectivity index (χ0) is 13.8. The van der Waals surface area contributed by atoms with Crippen LogP contribution in [-0.2, 0) is 12.8 Å². The van der Waals surface area contributed by atoms with Crippen LogP contribution in [0, 0.1) is 12.7 Å². The van der Waals surface area contributed by atoms with Gasteiger partial charge >= 0.3 is 0 Å². The van der Waals surface area contributed by atoms with Gasteiger partial charge in [-0.3, -0.25) is 4.98 Å². The van der Waals surface area contributed by atoms with Gasteiger partial charge in [0, 0.05) is 23.9 Å². The predicted molar refractivity (Wildman–Crippen MR) is 73.4 cm³/mol. The van der Waals surface area contributed by atoms with Gasteiger partial charge in [-0.05, 0) is 31.0 Å². The molecule has 100 valence electrons. The second-order valence-electron chi connectivity index (χ2n) is 4.76. The van der Waals surface area contributed by atoms with Crippen LogP contribution in [0.25, 0.3) is 0 Å². The summed E-state index contributed by atoms with van der Waals surface area (Å²) in [6.45, 7) is 3.94. The average molecular weight is 259 g/mol. The lowest BCUT2D eigenvalue weighted by Gasteiger charge is -2.12. The fourth-order valence-electron chi connectivity index (χ4n) is 2.01. The molecular weight excluding hydrogens is 241 g/mol. The maximum atomic E-state index is 13.7. The molecule has 0 aliphatic carbocycles. The standard InChI is InChI=1S/C16H18FNO/c1-3-12-5-6-13(18-10-12)9-16(19)14-8-11(2)4-7-15(14)17/h4-8,10,16,19H,3,9H2,1-2H3. The van der Waals surface area contributed by atoms with E-state index in [1.807, 2.05) is 19.1 Å². The van der Waals surface area contributed by atoms with Gasteiger partial charge in [0.2, 0.25) is 0 Å². The first-order valence-electron chi connectivity index (χ1n) is 6.48. The monoisotopic (exact) mass is 259 g/mol. The molecule has 2 aromatic rings. The zero-order valence-corrected chi connectivity index (χ0v) is 11.2. The molecule has 1 aromatic heterocycles. The van der Waals surface area contributed by atoms with E-state index in [0.717, 1.165) is 23.2 Å². The molecule has 2 nitrogen and oxygen atoms in total. The molecule has 1 aromatic carbocycles. The maximum Gasteiger partial charge on any atom is 0.129 e. The van der Waals surface area contributed by atoms with Gasteiger partial charge in [-0.25, -0.2) is 4.39 Å². The first-order valence-corrected chi connectivity index (χ1v) is 6.48. The van der Waals surface area contributed by atoms with Gasteiger partial charge in [0.15, 0.2) is 0 Å². The van der Waals surface area contributed by atoms with Crippen molar-refractivity contribution in [3.63, 3.8) is 0 Å². The highest BCUT2D eigenvalue weighted by Gasteiger charge is 2.14.